The van der Waals surface area contributed by atoms with Gasteiger partial charge in [-0.1, -0.05) is 12.1 Å². The van der Waals surface area contributed by atoms with Gasteiger partial charge in [-0.05, 0) is 35.0 Å². The van der Waals surface area contributed by atoms with E-state index in [1.54, 1.807) is 31.4 Å². The Morgan fingerprint density at radius 2 is 2.00 bits per heavy atom. The van der Waals surface area contributed by atoms with Gasteiger partial charge in [0.15, 0.2) is 0 Å². The molecule has 1 N–H and O–H groups in total. The van der Waals surface area contributed by atoms with E-state index in [0.29, 0.717) is 28.4 Å². The average Bonchev–Trinajstić information content (AvgIpc) is 3.15. The molecule has 8 heteroatoms. The highest BCUT2D eigenvalue weighted by Gasteiger charge is 2.16. The van der Waals surface area contributed by atoms with Crippen molar-refractivity contribution in [1.82, 2.24) is 20.2 Å². The molecule has 25 heavy (non-hydrogen) atoms. The van der Waals surface area contributed by atoms with Gasteiger partial charge < -0.3 is 14.8 Å². The summed E-state index contributed by atoms with van der Waals surface area (Å²) < 4.78 is 12.1. The van der Waals surface area contributed by atoms with E-state index >= 15 is 0 Å². The lowest BCUT2D eigenvalue weighted by Crippen LogP contribution is -2.15. The van der Waals surface area contributed by atoms with E-state index < -0.39 is 0 Å². The minimum absolute atomic E-state index is 0.272. The molecule has 3 rings (SSSR count). The van der Waals surface area contributed by atoms with Gasteiger partial charge in [0.05, 0.1) is 25.5 Å². The van der Waals surface area contributed by atoms with Gasteiger partial charge in [-0.2, -0.15) is 0 Å². The van der Waals surface area contributed by atoms with Gasteiger partial charge in [0.25, 0.3) is 5.91 Å². The number of aromatic nitrogens is 4. The van der Waals surface area contributed by atoms with Crippen LogP contribution in [-0.2, 0) is 0 Å². The minimum atomic E-state index is -0.272. The Morgan fingerprint density at radius 3 is 2.68 bits per heavy atom. The summed E-state index contributed by atoms with van der Waals surface area (Å²) in [5, 5.41) is 13.9. The standard InChI is InChI=1S/C17H17N5O3/c1-11-5-4-6-15(25-3)16(11)17(23)19-12-7-13(9-14(8-12)24-2)22-10-18-20-21-22/h4-10H,1-3H3,(H,19,23). The van der Waals surface area contributed by atoms with E-state index in [2.05, 4.69) is 20.8 Å². The fourth-order valence-electron chi connectivity index (χ4n) is 2.48. The number of carbonyl (C=O) groups excluding carboxylic acids is 1. The molecule has 0 spiro atoms. The zero-order valence-corrected chi connectivity index (χ0v) is 14.1. The molecule has 1 aromatic heterocycles. The van der Waals surface area contributed by atoms with E-state index in [0.717, 1.165) is 5.56 Å². The van der Waals surface area contributed by atoms with Crippen molar-refractivity contribution in [1.29, 1.82) is 0 Å². The summed E-state index contributed by atoms with van der Waals surface area (Å²) >= 11 is 0. The highest BCUT2D eigenvalue weighted by molar-refractivity contribution is 6.07. The molecule has 8 nitrogen and oxygen atoms in total. The van der Waals surface area contributed by atoms with E-state index in [1.807, 2.05) is 19.1 Å². The second kappa shape index (κ2) is 7.00. The fourth-order valence-corrected chi connectivity index (χ4v) is 2.48. The number of hydrogen-bond acceptors (Lipinski definition) is 6. The molecule has 0 unspecified atom stereocenters. The summed E-state index contributed by atoms with van der Waals surface area (Å²) in [6, 6.07) is 10.7. The van der Waals surface area contributed by atoms with Crippen molar-refractivity contribution < 1.29 is 14.3 Å². The Balaban J connectivity index is 1.95. The molecule has 0 aliphatic heterocycles. The van der Waals surface area contributed by atoms with Crippen LogP contribution in [0.1, 0.15) is 15.9 Å². The Kier molecular flexibility index (Phi) is 4.60. The van der Waals surface area contributed by atoms with Gasteiger partial charge in [-0.25, -0.2) is 4.68 Å². The van der Waals surface area contributed by atoms with Crippen molar-refractivity contribution in [2.75, 3.05) is 19.5 Å². The highest BCUT2D eigenvalue weighted by atomic mass is 16.5. The van der Waals surface area contributed by atoms with Crippen LogP contribution in [0.2, 0.25) is 0 Å². The number of aryl methyl sites for hydroxylation is 1. The summed E-state index contributed by atoms with van der Waals surface area (Å²) in [5.74, 6) is 0.812. The zero-order chi connectivity index (χ0) is 17.8. The molecule has 0 fully saturated rings. The maximum atomic E-state index is 12.7. The van der Waals surface area contributed by atoms with Gasteiger partial charge in [-0.3, -0.25) is 4.79 Å². The summed E-state index contributed by atoms with van der Waals surface area (Å²) in [6.07, 6.45) is 1.46. The van der Waals surface area contributed by atoms with Crippen molar-refractivity contribution in [2.45, 2.75) is 6.92 Å². The first-order chi connectivity index (χ1) is 12.1. The number of nitrogens with one attached hydrogen (secondary N) is 1. The second-order valence-corrected chi connectivity index (χ2v) is 5.28. The number of hydrogen-bond donors (Lipinski definition) is 1. The molecule has 1 heterocycles. The van der Waals surface area contributed by atoms with Gasteiger partial charge in [0.2, 0.25) is 0 Å². The van der Waals surface area contributed by atoms with Gasteiger partial charge in [0, 0.05) is 17.8 Å². The van der Waals surface area contributed by atoms with Crippen LogP contribution in [0, 0.1) is 6.92 Å². The summed E-state index contributed by atoms with van der Waals surface area (Å²) in [5.41, 5.74) is 2.52. The minimum Gasteiger partial charge on any atom is -0.497 e. The summed E-state index contributed by atoms with van der Waals surface area (Å²) in [4.78, 5) is 12.7. The Morgan fingerprint density at radius 1 is 1.16 bits per heavy atom. The number of amides is 1. The number of carbonyl (C=O) groups is 1. The summed E-state index contributed by atoms with van der Waals surface area (Å²) in [7, 11) is 3.08. The van der Waals surface area contributed by atoms with Crippen molar-refractivity contribution in [2.24, 2.45) is 0 Å². The normalized spacial score (nSPS) is 10.4. The number of methoxy groups -OCH3 is 2. The molecular formula is C17H17N5O3. The van der Waals surface area contributed by atoms with Crippen molar-refractivity contribution in [3.63, 3.8) is 0 Å². The largest absolute Gasteiger partial charge is 0.497 e. The van der Waals surface area contributed by atoms with Crippen molar-refractivity contribution >= 4 is 11.6 Å². The van der Waals surface area contributed by atoms with E-state index in [4.69, 9.17) is 9.47 Å². The second-order valence-electron chi connectivity index (χ2n) is 5.28. The van der Waals surface area contributed by atoms with Crippen LogP contribution in [0.25, 0.3) is 5.69 Å². The van der Waals surface area contributed by atoms with E-state index in [9.17, 15) is 4.79 Å². The molecule has 0 atom stereocenters. The maximum Gasteiger partial charge on any atom is 0.259 e. The molecule has 2 aromatic carbocycles. The molecule has 0 aliphatic rings. The number of ether oxygens (including phenoxy) is 2. The first-order valence-electron chi connectivity index (χ1n) is 7.49. The predicted octanol–water partition coefficient (Wildman–Crippen LogP) is 2.24. The average molecular weight is 339 g/mol. The molecule has 3 aromatic rings. The van der Waals surface area contributed by atoms with Crippen molar-refractivity contribution in [3.05, 3.63) is 53.9 Å². The lowest BCUT2D eigenvalue weighted by molar-refractivity contribution is 0.102. The Hall–Kier alpha value is -3.42. The number of rotatable bonds is 5. The third-order valence-corrected chi connectivity index (χ3v) is 3.68. The fraction of sp³-hybridized carbons (Fsp3) is 0.176. The third-order valence-electron chi connectivity index (χ3n) is 3.68. The first-order valence-corrected chi connectivity index (χ1v) is 7.49. The maximum absolute atomic E-state index is 12.7. The first kappa shape index (κ1) is 16.4. The van der Waals surface area contributed by atoms with E-state index in [1.165, 1.54) is 18.1 Å². The Labute approximate surface area is 144 Å². The van der Waals surface area contributed by atoms with Crippen LogP contribution in [0.4, 0.5) is 5.69 Å². The molecule has 0 aliphatic carbocycles. The van der Waals surface area contributed by atoms with Gasteiger partial charge in [0.1, 0.15) is 17.8 Å². The summed E-state index contributed by atoms with van der Waals surface area (Å²) in [6.45, 7) is 1.86. The van der Waals surface area contributed by atoms with Crippen LogP contribution < -0.4 is 14.8 Å². The molecule has 0 radical (unpaired) electrons. The SMILES string of the molecule is COc1cc(NC(=O)c2c(C)cccc2OC)cc(-n2cnnn2)c1. The molecule has 0 saturated carbocycles. The lowest BCUT2D eigenvalue weighted by Gasteiger charge is -2.13. The molecule has 1 amide bonds. The van der Waals surface area contributed by atoms with Crippen LogP contribution in [-0.4, -0.2) is 40.3 Å². The molecule has 128 valence electrons. The predicted molar refractivity (Wildman–Crippen MR) is 91.4 cm³/mol. The molecular weight excluding hydrogens is 322 g/mol. The monoisotopic (exact) mass is 339 g/mol. The number of anilines is 1. The third kappa shape index (κ3) is 3.42. The smallest absolute Gasteiger partial charge is 0.259 e. The van der Waals surface area contributed by atoms with Crippen LogP contribution in [0.15, 0.2) is 42.7 Å². The van der Waals surface area contributed by atoms with Gasteiger partial charge in [-0.15, -0.1) is 5.10 Å². The van der Waals surface area contributed by atoms with Crippen LogP contribution in [0.3, 0.4) is 0 Å². The van der Waals surface area contributed by atoms with Crippen molar-refractivity contribution in [3.8, 4) is 17.2 Å². The number of nitrogens with zero attached hydrogens (tertiary/aromatic N) is 4. The van der Waals surface area contributed by atoms with Crippen LogP contribution in [0.5, 0.6) is 11.5 Å². The zero-order valence-electron chi connectivity index (χ0n) is 14.1. The number of tetrazole rings is 1. The topological polar surface area (TPSA) is 91.2 Å². The number of benzene rings is 2. The van der Waals surface area contributed by atoms with E-state index in [-0.39, 0.29) is 5.91 Å². The molecule has 0 bridgehead atoms. The molecule has 0 saturated heterocycles. The highest BCUT2D eigenvalue weighted by Crippen LogP contribution is 2.26. The Bertz CT molecular complexity index is 893. The van der Waals surface area contributed by atoms with Gasteiger partial charge >= 0.3 is 0 Å². The van der Waals surface area contributed by atoms with Crippen LogP contribution >= 0.6 is 0 Å². The lowest BCUT2D eigenvalue weighted by atomic mass is 10.1. The quantitative estimate of drug-likeness (QED) is 0.766.